The summed E-state index contributed by atoms with van der Waals surface area (Å²) in [7, 11) is 0. The number of rotatable bonds is 4. The van der Waals surface area contributed by atoms with Crippen molar-refractivity contribution in [3.63, 3.8) is 0 Å². The van der Waals surface area contributed by atoms with Crippen LogP contribution in [-0.2, 0) is 6.54 Å². The van der Waals surface area contributed by atoms with Crippen molar-refractivity contribution in [3.8, 4) is 0 Å². The van der Waals surface area contributed by atoms with Crippen molar-refractivity contribution < 1.29 is 9.21 Å². The van der Waals surface area contributed by atoms with Crippen LogP contribution in [0, 0.1) is 5.92 Å². The fourth-order valence-electron chi connectivity index (χ4n) is 3.16. The minimum Gasteiger partial charge on any atom is -0.444 e. The maximum absolute atomic E-state index is 12.4. The van der Waals surface area contributed by atoms with Crippen LogP contribution in [0.4, 0.5) is 0 Å². The van der Waals surface area contributed by atoms with Gasteiger partial charge >= 0.3 is 0 Å². The zero-order valence-electron chi connectivity index (χ0n) is 13.5. The predicted octanol–water partition coefficient (Wildman–Crippen LogP) is 3.91. The van der Waals surface area contributed by atoms with Crippen LogP contribution in [0.25, 0.3) is 0 Å². The maximum Gasteiger partial charge on any atom is 0.289 e. The van der Waals surface area contributed by atoms with Crippen molar-refractivity contribution in [2.75, 3.05) is 13.1 Å². The minimum absolute atomic E-state index is 0.0142. The highest BCUT2D eigenvalue weighted by Gasteiger charge is 2.26. The molecule has 3 rings (SSSR count). The zero-order valence-corrected chi connectivity index (χ0v) is 15.1. The number of halogens is 1. The number of piperidine rings is 1. The Balaban J connectivity index is 1.56. The first-order valence-corrected chi connectivity index (χ1v) is 8.89. The molecule has 23 heavy (non-hydrogen) atoms. The summed E-state index contributed by atoms with van der Waals surface area (Å²) in [5, 5.41) is 0. The lowest BCUT2D eigenvalue weighted by atomic mass is 9.96. The fraction of sp³-hybridized carbons (Fsp3) is 0.529. The van der Waals surface area contributed by atoms with Gasteiger partial charge in [0, 0.05) is 37.9 Å². The lowest BCUT2D eigenvalue weighted by Crippen LogP contribution is -2.39. The SMILES string of the molecule is CC(C)c1nccn1CC1CCN(C(=O)c2ccc(Br)o2)CC1. The Bertz CT molecular complexity index is 669. The molecule has 0 bridgehead atoms. The lowest BCUT2D eigenvalue weighted by molar-refractivity contribution is 0.0649. The molecule has 5 nitrogen and oxygen atoms in total. The van der Waals surface area contributed by atoms with Gasteiger partial charge in [-0.2, -0.15) is 0 Å². The molecule has 2 aromatic rings. The van der Waals surface area contributed by atoms with E-state index in [2.05, 4.69) is 45.5 Å². The first-order valence-electron chi connectivity index (χ1n) is 8.10. The molecule has 0 atom stereocenters. The second-order valence-corrected chi connectivity index (χ2v) is 7.21. The van der Waals surface area contributed by atoms with Crippen molar-refractivity contribution >= 4 is 21.8 Å². The molecule has 0 saturated carbocycles. The van der Waals surface area contributed by atoms with E-state index in [-0.39, 0.29) is 5.91 Å². The number of carbonyl (C=O) groups excluding carboxylic acids is 1. The van der Waals surface area contributed by atoms with Crippen LogP contribution in [0.15, 0.2) is 33.6 Å². The number of hydrogen-bond acceptors (Lipinski definition) is 3. The van der Waals surface area contributed by atoms with Gasteiger partial charge < -0.3 is 13.9 Å². The van der Waals surface area contributed by atoms with Crippen molar-refractivity contribution in [1.29, 1.82) is 0 Å². The Morgan fingerprint density at radius 3 is 2.74 bits per heavy atom. The third-order valence-corrected chi connectivity index (χ3v) is 4.83. The largest absolute Gasteiger partial charge is 0.444 e. The smallest absolute Gasteiger partial charge is 0.289 e. The number of imidazole rings is 1. The second-order valence-electron chi connectivity index (χ2n) is 6.43. The first kappa shape index (κ1) is 16.3. The average molecular weight is 380 g/mol. The minimum atomic E-state index is -0.0142. The molecule has 0 unspecified atom stereocenters. The van der Waals surface area contributed by atoms with Crippen LogP contribution in [0.1, 0.15) is 49.0 Å². The summed E-state index contributed by atoms with van der Waals surface area (Å²) in [6.45, 7) is 6.89. The van der Waals surface area contributed by atoms with Gasteiger partial charge in [-0.25, -0.2) is 4.98 Å². The van der Waals surface area contributed by atoms with Crippen LogP contribution in [-0.4, -0.2) is 33.4 Å². The molecular formula is C17H22BrN3O2. The van der Waals surface area contributed by atoms with Crippen LogP contribution in [0.5, 0.6) is 0 Å². The molecule has 0 radical (unpaired) electrons. The highest BCUT2D eigenvalue weighted by molar-refractivity contribution is 9.10. The molecule has 0 aliphatic carbocycles. The van der Waals surface area contributed by atoms with E-state index in [4.69, 9.17) is 4.42 Å². The van der Waals surface area contributed by atoms with Crippen LogP contribution >= 0.6 is 15.9 Å². The quantitative estimate of drug-likeness (QED) is 0.808. The molecule has 2 aromatic heterocycles. The Kier molecular flexibility index (Phi) is 4.90. The van der Waals surface area contributed by atoms with E-state index in [0.717, 1.165) is 38.3 Å². The molecule has 1 fully saturated rings. The number of likely N-dealkylation sites (tertiary alicyclic amines) is 1. The number of carbonyl (C=O) groups is 1. The molecule has 3 heterocycles. The number of hydrogen-bond donors (Lipinski definition) is 0. The van der Waals surface area contributed by atoms with Gasteiger partial charge in [0.1, 0.15) is 5.82 Å². The van der Waals surface area contributed by atoms with E-state index < -0.39 is 0 Å². The number of amides is 1. The number of aromatic nitrogens is 2. The molecule has 1 saturated heterocycles. The molecule has 124 valence electrons. The Hall–Kier alpha value is -1.56. The van der Waals surface area contributed by atoms with Gasteiger partial charge in [-0.3, -0.25) is 4.79 Å². The predicted molar refractivity (Wildman–Crippen MR) is 91.4 cm³/mol. The first-order chi connectivity index (χ1) is 11.0. The molecule has 0 spiro atoms. The molecule has 0 N–H and O–H groups in total. The maximum atomic E-state index is 12.4. The van der Waals surface area contributed by atoms with E-state index in [1.807, 2.05) is 11.1 Å². The summed E-state index contributed by atoms with van der Waals surface area (Å²) >= 11 is 3.24. The summed E-state index contributed by atoms with van der Waals surface area (Å²) in [4.78, 5) is 18.7. The molecule has 1 aliphatic heterocycles. The van der Waals surface area contributed by atoms with Gasteiger partial charge in [0.2, 0.25) is 0 Å². The van der Waals surface area contributed by atoms with E-state index in [1.54, 1.807) is 12.1 Å². The Morgan fingerprint density at radius 2 is 2.13 bits per heavy atom. The van der Waals surface area contributed by atoms with E-state index in [1.165, 1.54) is 0 Å². The Labute approximate surface area is 144 Å². The monoisotopic (exact) mass is 379 g/mol. The third-order valence-electron chi connectivity index (χ3n) is 4.40. The van der Waals surface area contributed by atoms with Crippen LogP contribution < -0.4 is 0 Å². The van der Waals surface area contributed by atoms with E-state index in [0.29, 0.717) is 22.3 Å². The van der Waals surface area contributed by atoms with Gasteiger partial charge in [-0.1, -0.05) is 13.8 Å². The molecular weight excluding hydrogens is 358 g/mol. The molecule has 6 heteroatoms. The summed E-state index contributed by atoms with van der Waals surface area (Å²) in [6, 6.07) is 3.48. The second kappa shape index (κ2) is 6.91. The van der Waals surface area contributed by atoms with Crippen molar-refractivity contribution in [2.45, 2.75) is 39.2 Å². The van der Waals surface area contributed by atoms with Crippen molar-refractivity contribution in [2.24, 2.45) is 5.92 Å². The van der Waals surface area contributed by atoms with Gasteiger partial charge in [-0.15, -0.1) is 0 Å². The van der Waals surface area contributed by atoms with Crippen molar-refractivity contribution in [1.82, 2.24) is 14.5 Å². The number of nitrogens with zero attached hydrogens (tertiary/aromatic N) is 3. The fourth-order valence-corrected chi connectivity index (χ4v) is 3.46. The van der Waals surface area contributed by atoms with Gasteiger partial charge in [0.15, 0.2) is 10.4 Å². The summed E-state index contributed by atoms with van der Waals surface area (Å²) in [5.41, 5.74) is 0. The normalized spacial score (nSPS) is 16.3. The molecule has 1 amide bonds. The topological polar surface area (TPSA) is 51.3 Å². The van der Waals surface area contributed by atoms with E-state index >= 15 is 0 Å². The van der Waals surface area contributed by atoms with Crippen molar-refractivity contribution in [3.05, 3.63) is 40.8 Å². The summed E-state index contributed by atoms with van der Waals surface area (Å²) in [6.07, 6.45) is 5.97. The number of furan rings is 1. The standard InChI is InChI=1S/C17H22BrN3O2/c1-12(2)16-19-7-10-21(16)11-13-5-8-20(9-6-13)17(22)14-3-4-15(18)23-14/h3-4,7,10,12-13H,5-6,8-9,11H2,1-2H3. The zero-order chi connectivity index (χ0) is 16.4. The van der Waals surface area contributed by atoms with Crippen LogP contribution in [0.3, 0.4) is 0 Å². The van der Waals surface area contributed by atoms with E-state index in [9.17, 15) is 4.79 Å². The highest BCUT2D eigenvalue weighted by Crippen LogP contribution is 2.24. The van der Waals surface area contributed by atoms with Gasteiger partial charge in [-0.05, 0) is 46.8 Å². The van der Waals surface area contributed by atoms with Crippen LogP contribution in [0.2, 0.25) is 0 Å². The average Bonchev–Trinajstić information content (AvgIpc) is 3.16. The molecule has 1 aliphatic rings. The summed E-state index contributed by atoms with van der Waals surface area (Å²) in [5.74, 6) is 2.56. The lowest BCUT2D eigenvalue weighted by Gasteiger charge is -2.32. The molecule has 0 aromatic carbocycles. The Morgan fingerprint density at radius 1 is 1.39 bits per heavy atom. The van der Waals surface area contributed by atoms with Gasteiger partial charge in [0.05, 0.1) is 0 Å². The summed E-state index contributed by atoms with van der Waals surface area (Å²) < 4.78 is 8.22. The third kappa shape index (κ3) is 3.68. The van der Waals surface area contributed by atoms with Gasteiger partial charge in [0.25, 0.3) is 5.91 Å². The highest BCUT2D eigenvalue weighted by atomic mass is 79.9.